The van der Waals surface area contributed by atoms with Crippen molar-refractivity contribution in [1.82, 2.24) is 9.80 Å². The predicted octanol–water partition coefficient (Wildman–Crippen LogP) is 2.36. The highest BCUT2D eigenvalue weighted by Gasteiger charge is 2.23. The molecule has 1 saturated heterocycles. The highest BCUT2D eigenvalue weighted by atomic mass is 16.4. The van der Waals surface area contributed by atoms with Crippen LogP contribution in [0.4, 0.5) is 0 Å². The number of hydrogen-bond acceptors (Lipinski definition) is 6. The minimum absolute atomic E-state index is 0.0275. The SMILES string of the molecule is Cc1c(O)ccc2c(CN3CCN(C(=O)c4ccoc4)CC3)cc(=O)oc12. The number of hydrogen-bond donors (Lipinski definition) is 1. The second-order valence-electron chi connectivity index (χ2n) is 6.76. The highest BCUT2D eigenvalue weighted by molar-refractivity contribution is 5.93. The summed E-state index contributed by atoms with van der Waals surface area (Å²) in [5.41, 5.74) is 1.97. The van der Waals surface area contributed by atoms with Crippen LogP contribution in [0, 0.1) is 6.92 Å². The number of phenols is 1. The van der Waals surface area contributed by atoms with Crippen molar-refractivity contribution in [3.8, 4) is 5.75 Å². The fourth-order valence-corrected chi connectivity index (χ4v) is 3.47. The number of rotatable bonds is 3. The largest absolute Gasteiger partial charge is 0.508 e. The van der Waals surface area contributed by atoms with Crippen molar-refractivity contribution in [2.75, 3.05) is 26.2 Å². The molecule has 7 heteroatoms. The van der Waals surface area contributed by atoms with E-state index >= 15 is 0 Å². The van der Waals surface area contributed by atoms with Gasteiger partial charge in [-0.1, -0.05) is 0 Å². The molecule has 0 unspecified atom stereocenters. The molecule has 7 nitrogen and oxygen atoms in total. The molecule has 140 valence electrons. The molecular formula is C20H20N2O5. The lowest BCUT2D eigenvalue weighted by atomic mass is 10.1. The number of fused-ring (bicyclic) bond motifs is 1. The zero-order valence-electron chi connectivity index (χ0n) is 15.0. The molecular weight excluding hydrogens is 348 g/mol. The van der Waals surface area contributed by atoms with Crippen molar-refractivity contribution in [1.29, 1.82) is 0 Å². The van der Waals surface area contributed by atoms with Gasteiger partial charge in [0.05, 0.1) is 11.8 Å². The number of nitrogens with zero attached hydrogens (tertiary/aromatic N) is 2. The van der Waals surface area contributed by atoms with Crippen molar-refractivity contribution in [2.24, 2.45) is 0 Å². The Morgan fingerprint density at radius 1 is 1.19 bits per heavy atom. The quantitative estimate of drug-likeness (QED) is 0.714. The van der Waals surface area contributed by atoms with Crippen LogP contribution in [-0.4, -0.2) is 47.0 Å². The minimum atomic E-state index is -0.431. The number of phenolic OH excluding ortho intramolecular Hbond substituents is 1. The second-order valence-corrected chi connectivity index (χ2v) is 6.76. The van der Waals surface area contributed by atoms with Gasteiger partial charge in [0, 0.05) is 49.7 Å². The summed E-state index contributed by atoms with van der Waals surface area (Å²) in [5.74, 6) is 0.0782. The number of aromatic hydroxyl groups is 1. The molecule has 1 amide bonds. The van der Waals surface area contributed by atoms with E-state index < -0.39 is 5.63 Å². The van der Waals surface area contributed by atoms with Crippen LogP contribution < -0.4 is 5.63 Å². The molecule has 3 heterocycles. The zero-order valence-corrected chi connectivity index (χ0v) is 15.0. The van der Waals surface area contributed by atoms with Gasteiger partial charge in [0.15, 0.2) is 0 Å². The molecule has 3 aromatic rings. The van der Waals surface area contributed by atoms with Gasteiger partial charge in [-0.3, -0.25) is 9.69 Å². The summed E-state index contributed by atoms with van der Waals surface area (Å²) >= 11 is 0. The molecule has 0 bridgehead atoms. The fraction of sp³-hybridized carbons (Fsp3) is 0.300. The van der Waals surface area contributed by atoms with Gasteiger partial charge < -0.3 is 18.8 Å². The number of aryl methyl sites for hydroxylation is 1. The lowest BCUT2D eigenvalue weighted by Gasteiger charge is -2.34. The van der Waals surface area contributed by atoms with Gasteiger partial charge in [0.25, 0.3) is 5.91 Å². The molecule has 0 spiro atoms. The van der Waals surface area contributed by atoms with Crippen molar-refractivity contribution in [2.45, 2.75) is 13.5 Å². The first kappa shape index (κ1) is 17.4. The molecule has 27 heavy (non-hydrogen) atoms. The monoisotopic (exact) mass is 368 g/mol. The fourth-order valence-electron chi connectivity index (χ4n) is 3.47. The van der Waals surface area contributed by atoms with E-state index in [1.165, 1.54) is 18.6 Å². The number of carbonyl (C=O) groups excluding carboxylic acids is 1. The van der Waals surface area contributed by atoms with Gasteiger partial charge in [-0.15, -0.1) is 0 Å². The lowest BCUT2D eigenvalue weighted by Crippen LogP contribution is -2.48. The van der Waals surface area contributed by atoms with Crippen molar-refractivity contribution in [3.63, 3.8) is 0 Å². The number of furan rings is 1. The Kier molecular flexibility index (Phi) is 4.45. The van der Waals surface area contributed by atoms with E-state index in [9.17, 15) is 14.7 Å². The highest BCUT2D eigenvalue weighted by Crippen LogP contribution is 2.28. The maximum Gasteiger partial charge on any atom is 0.336 e. The molecule has 1 fully saturated rings. The third-order valence-corrected chi connectivity index (χ3v) is 5.04. The smallest absolute Gasteiger partial charge is 0.336 e. The summed E-state index contributed by atoms with van der Waals surface area (Å²) in [6, 6.07) is 6.56. The number of piperazine rings is 1. The van der Waals surface area contributed by atoms with E-state index in [1.54, 1.807) is 30.0 Å². The summed E-state index contributed by atoms with van der Waals surface area (Å²) in [4.78, 5) is 28.3. The van der Waals surface area contributed by atoms with Crippen LogP contribution in [0.15, 0.2) is 50.4 Å². The van der Waals surface area contributed by atoms with Crippen molar-refractivity contribution >= 4 is 16.9 Å². The first-order chi connectivity index (χ1) is 13.0. The van der Waals surface area contributed by atoms with Gasteiger partial charge in [0.1, 0.15) is 17.6 Å². The predicted molar refractivity (Wildman–Crippen MR) is 98.8 cm³/mol. The molecule has 1 N–H and O–H groups in total. The Balaban J connectivity index is 1.50. The topological polar surface area (TPSA) is 87.1 Å². The minimum Gasteiger partial charge on any atom is -0.508 e. The number of amides is 1. The average molecular weight is 368 g/mol. The maximum absolute atomic E-state index is 12.4. The summed E-state index contributed by atoms with van der Waals surface area (Å²) in [7, 11) is 0. The standard InChI is InChI=1S/C20H20N2O5/c1-13-17(23)3-2-16-15(10-18(24)27-19(13)16)11-21-5-7-22(8-6-21)20(25)14-4-9-26-12-14/h2-4,9-10,12,23H,5-8,11H2,1H3. The van der Waals surface area contributed by atoms with E-state index in [4.69, 9.17) is 8.83 Å². The normalized spacial score (nSPS) is 15.4. The van der Waals surface area contributed by atoms with E-state index in [-0.39, 0.29) is 11.7 Å². The van der Waals surface area contributed by atoms with Gasteiger partial charge >= 0.3 is 5.63 Å². The van der Waals surface area contributed by atoms with Crippen LogP contribution in [-0.2, 0) is 6.54 Å². The van der Waals surface area contributed by atoms with E-state index in [0.717, 1.165) is 10.9 Å². The summed E-state index contributed by atoms with van der Waals surface area (Å²) < 4.78 is 10.3. The van der Waals surface area contributed by atoms with Gasteiger partial charge in [-0.25, -0.2) is 4.79 Å². The van der Waals surface area contributed by atoms with Gasteiger partial charge in [-0.05, 0) is 30.7 Å². The average Bonchev–Trinajstić information content (AvgIpc) is 3.20. The van der Waals surface area contributed by atoms with Crippen LogP contribution in [0.1, 0.15) is 21.5 Å². The van der Waals surface area contributed by atoms with Gasteiger partial charge in [0.2, 0.25) is 0 Å². The summed E-state index contributed by atoms with van der Waals surface area (Å²) in [5, 5.41) is 10.7. The molecule has 0 radical (unpaired) electrons. The lowest BCUT2D eigenvalue weighted by molar-refractivity contribution is 0.0628. The molecule has 1 aliphatic heterocycles. The molecule has 1 aliphatic rings. The molecule has 0 aliphatic carbocycles. The molecule has 0 atom stereocenters. The Morgan fingerprint density at radius 2 is 1.96 bits per heavy atom. The van der Waals surface area contributed by atoms with Crippen molar-refractivity contribution in [3.05, 3.63) is 63.9 Å². The first-order valence-corrected chi connectivity index (χ1v) is 8.82. The molecule has 0 saturated carbocycles. The Labute approximate surface area is 155 Å². The summed E-state index contributed by atoms with van der Waals surface area (Å²) in [6.07, 6.45) is 2.96. The van der Waals surface area contributed by atoms with E-state index in [2.05, 4.69) is 4.90 Å². The number of carbonyl (C=O) groups is 1. The van der Waals surface area contributed by atoms with Crippen LogP contribution in [0.25, 0.3) is 11.0 Å². The molecule has 4 rings (SSSR count). The van der Waals surface area contributed by atoms with E-state index in [0.29, 0.717) is 49.4 Å². The van der Waals surface area contributed by atoms with Crippen LogP contribution in [0.5, 0.6) is 5.75 Å². The Hall–Kier alpha value is -3.06. The Morgan fingerprint density at radius 3 is 2.67 bits per heavy atom. The summed E-state index contributed by atoms with van der Waals surface area (Å²) in [6.45, 7) is 4.96. The zero-order chi connectivity index (χ0) is 19.0. The van der Waals surface area contributed by atoms with Gasteiger partial charge in [-0.2, -0.15) is 0 Å². The third kappa shape index (κ3) is 3.33. The number of benzene rings is 1. The third-order valence-electron chi connectivity index (χ3n) is 5.04. The van der Waals surface area contributed by atoms with Crippen LogP contribution >= 0.6 is 0 Å². The maximum atomic E-state index is 12.4. The molecule has 1 aromatic carbocycles. The Bertz CT molecular complexity index is 1030. The van der Waals surface area contributed by atoms with Crippen LogP contribution in [0.3, 0.4) is 0 Å². The van der Waals surface area contributed by atoms with Crippen molar-refractivity contribution < 1.29 is 18.7 Å². The van der Waals surface area contributed by atoms with E-state index in [1.807, 2.05) is 0 Å². The van der Waals surface area contributed by atoms with Crippen LogP contribution in [0.2, 0.25) is 0 Å². The molecule has 2 aromatic heterocycles. The first-order valence-electron chi connectivity index (χ1n) is 8.82. The second kappa shape index (κ2) is 6.92.